The van der Waals surface area contributed by atoms with Crippen LogP contribution in [0.4, 0.5) is 0 Å². The Morgan fingerprint density at radius 2 is 2.29 bits per heavy atom. The summed E-state index contributed by atoms with van der Waals surface area (Å²) in [4.78, 5) is 14.6. The van der Waals surface area contributed by atoms with E-state index >= 15 is 0 Å². The number of carboxylic acid groups (broad SMARTS) is 1. The number of rotatable bonds is 2. The summed E-state index contributed by atoms with van der Waals surface area (Å²) in [5.41, 5.74) is 0.726. The molecule has 5 heteroatoms. The Hall–Kier alpha value is -1.62. The van der Waals surface area contributed by atoms with Crippen LogP contribution in [0.1, 0.15) is 5.01 Å². The number of thiazole rings is 1. The summed E-state index contributed by atoms with van der Waals surface area (Å²) in [5.74, 6) is -0.726. The van der Waals surface area contributed by atoms with Crippen molar-refractivity contribution in [3.05, 3.63) is 23.2 Å². The first-order valence-corrected chi connectivity index (χ1v) is 4.77. The van der Waals surface area contributed by atoms with Gasteiger partial charge in [-0.2, -0.15) is 0 Å². The number of phenols is 1. The Labute approximate surface area is 83.5 Å². The number of phenolic OH excluding ortho intramolecular Hbond substituents is 1. The summed E-state index contributed by atoms with van der Waals surface area (Å²) in [7, 11) is 0. The largest absolute Gasteiger partial charge is 0.508 e. The zero-order valence-electron chi connectivity index (χ0n) is 7.10. The Kier molecular flexibility index (Phi) is 2.09. The van der Waals surface area contributed by atoms with E-state index in [1.807, 2.05) is 0 Å². The number of carbonyl (C=O) groups is 1. The van der Waals surface area contributed by atoms with Crippen LogP contribution in [0, 0.1) is 0 Å². The minimum absolute atomic E-state index is 0.0693. The van der Waals surface area contributed by atoms with Crippen LogP contribution in [0.3, 0.4) is 0 Å². The Bertz CT molecular complexity index is 492. The molecule has 0 unspecified atom stereocenters. The van der Waals surface area contributed by atoms with E-state index in [1.165, 1.54) is 17.4 Å². The lowest BCUT2D eigenvalue weighted by Crippen LogP contribution is -1.98. The molecule has 4 nitrogen and oxygen atoms in total. The second-order valence-electron chi connectivity index (χ2n) is 2.83. The number of fused-ring (bicyclic) bond motifs is 1. The second-order valence-corrected chi connectivity index (χ2v) is 3.95. The minimum atomic E-state index is -0.895. The van der Waals surface area contributed by atoms with Crippen molar-refractivity contribution in [2.75, 3.05) is 0 Å². The Balaban J connectivity index is 2.46. The van der Waals surface area contributed by atoms with Gasteiger partial charge in [0.15, 0.2) is 0 Å². The van der Waals surface area contributed by atoms with Gasteiger partial charge in [0.2, 0.25) is 0 Å². The molecule has 0 aliphatic heterocycles. The number of benzene rings is 1. The molecule has 2 N–H and O–H groups in total. The lowest BCUT2D eigenvalue weighted by atomic mass is 10.3. The summed E-state index contributed by atoms with van der Waals surface area (Å²) < 4.78 is 0.807. The number of aromatic nitrogens is 1. The third kappa shape index (κ3) is 1.67. The lowest BCUT2D eigenvalue weighted by Gasteiger charge is -1.87. The van der Waals surface area contributed by atoms with E-state index < -0.39 is 5.97 Å². The van der Waals surface area contributed by atoms with E-state index in [9.17, 15) is 9.90 Å². The maximum atomic E-state index is 10.4. The normalized spacial score (nSPS) is 10.6. The number of hydrogen-bond donors (Lipinski definition) is 2. The molecule has 14 heavy (non-hydrogen) atoms. The van der Waals surface area contributed by atoms with Crippen molar-refractivity contribution in [2.45, 2.75) is 6.42 Å². The first-order valence-electron chi connectivity index (χ1n) is 3.95. The topological polar surface area (TPSA) is 70.4 Å². The molecule has 0 fully saturated rings. The van der Waals surface area contributed by atoms with E-state index in [2.05, 4.69) is 4.98 Å². The van der Waals surface area contributed by atoms with Gasteiger partial charge in [-0.1, -0.05) is 0 Å². The molecule has 0 bridgehead atoms. The summed E-state index contributed by atoms with van der Waals surface area (Å²) in [5, 5.41) is 18.3. The number of hydrogen-bond acceptors (Lipinski definition) is 4. The van der Waals surface area contributed by atoms with Gasteiger partial charge in [0.1, 0.15) is 10.8 Å². The average molecular weight is 209 g/mol. The quantitative estimate of drug-likeness (QED) is 0.788. The first-order chi connectivity index (χ1) is 6.65. The molecule has 0 amide bonds. The Morgan fingerprint density at radius 3 is 3.00 bits per heavy atom. The van der Waals surface area contributed by atoms with Gasteiger partial charge in [-0.25, -0.2) is 4.98 Å². The molecule has 72 valence electrons. The third-order valence-corrected chi connectivity index (χ3v) is 2.74. The Morgan fingerprint density at radius 1 is 1.50 bits per heavy atom. The fourth-order valence-electron chi connectivity index (χ4n) is 1.17. The molecule has 0 saturated heterocycles. The zero-order valence-corrected chi connectivity index (χ0v) is 7.91. The van der Waals surface area contributed by atoms with Gasteiger partial charge in [0.25, 0.3) is 0 Å². The van der Waals surface area contributed by atoms with Crippen LogP contribution in [0.5, 0.6) is 5.75 Å². The molecule has 0 spiro atoms. The molecule has 0 atom stereocenters. The smallest absolute Gasteiger partial charge is 0.310 e. The van der Waals surface area contributed by atoms with Gasteiger partial charge in [0.05, 0.1) is 16.6 Å². The van der Waals surface area contributed by atoms with Crippen LogP contribution in [-0.2, 0) is 11.2 Å². The number of aliphatic carboxylic acids is 1. The molecule has 2 rings (SSSR count). The van der Waals surface area contributed by atoms with Crippen molar-refractivity contribution in [3.8, 4) is 5.75 Å². The van der Waals surface area contributed by atoms with Gasteiger partial charge in [-0.15, -0.1) is 11.3 Å². The van der Waals surface area contributed by atoms with Gasteiger partial charge in [0, 0.05) is 0 Å². The van der Waals surface area contributed by atoms with Crippen LogP contribution < -0.4 is 0 Å². The lowest BCUT2D eigenvalue weighted by molar-refractivity contribution is -0.136. The van der Waals surface area contributed by atoms with Gasteiger partial charge in [-0.05, 0) is 18.2 Å². The SMILES string of the molecule is O=C(O)Cc1nc2ccc(O)cc2s1. The molecule has 1 aromatic heterocycles. The van der Waals surface area contributed by atoms with Crippen LogP contribution in [0.2, 0.25) is 0 Å². The molecular formula is C9H7NO3S. The number of nitrogens with zero attached hydrogens (tertiary/aromatic N) is 1. The molecular weight excluding hydrogens is 202 g/mol. The van der Waals surface area contributed by atoms with Gasteiger partial charge in [-0.3, -0.25) is 4.79 Å². The maximum Gasteiger partial charge on any atom is 0.310 e. The van der Waals surface area contributed by atoms with Crippen LogP contribution in [0.25, 0.3) is 10.2 Å². The van der Waals surface area contributed by atoms with Gasteiger partial charge < -0.3 is 10.2 Å². The monoisotopic (exact) mass is 209 g/mol. The zero-order chi connectivity index (χ0) is 10.1. The molecule has 0 aliphatic rings. The molecule has 0 aliphatic carbocycles. The minimum Gasteiger partial charge on any atom is -0.508 e. The first kappa shape index (κ1) is 8.96. The third-order valence-electron chi connectivity index (χ3n) is 1.72. The highest BCUT2D eigenvalue weighted by Crippen LogP contribution is 2.25. The summed E-state index contributed by atoms with van der Waals surface area (Å²) in [6.07, 6.45) is -0.0693. The van der Waals surface area contributed by atoms with E-state index in [1.54, 1.807) is 12.1 Å². The van der Waals surface area contributed by atoms with E-state index in [-0.39, 0.29) is 12.2 Å². The van der Waals surface area contributed by atoms with Crippen LogP contribution >= 0.6 is 11.3 Å². The summed E-state index contributed by atoms with van der Waals surface area (Å²) >= 11 is 1.29. The standard InChI is InChI=1S/C9H7NO3S/c11-5-1-2-6-7(3-5)14-8(10-6)4-9(12)13/h1-3,11H,4H2,(H,12,13). The highest BCUT2D eigenvalue weighted by molar-refractivity contribution is 7.18. The maximum absolute atomic E-state index is 10.4. The molecule has 0 radical (unpaired) electrons. The average Bonchev–Trinajstić information content (AvgIpc) is 2.44. The van der Waals surface area contributed by atoms with Crippen molar-refractivity contribution in [2.24, 2.45) is 0 Å². The van der Waals surface area contributed by atoms with E-state index in [0.717, 1.165) is 10.2 Å². The molecule has 1 aromatic carbocycles. The highest BCUT2D eigenvalue weighted by Gasteiger charge is 2.07. The molecule has 1 heterocycles. The van der Waals surface area contributed by atoms with Crippen molar-refractivity contribution < 1.29 is 15.0 Å². The summed E-state index contributed by atoms with van der Waals surface area (Å²) in [6.45, 7) is 0. The van der Waals surface area contributed by atoms with Crippen molar-refractivity contribution in [1.82, 2.24) is 4.98 Å². The molecule has 2 aromatic rings. The number of carboxylic acids is 1. The predicted octanol–water partition coefficient (Wildman–Crippen LogP) is 1.63. The van der Waals surface area contributed by atoms with Gasteiger partial charge >= 0.3 is 5.97 Å². The van der Waals surface area contributed by atoms with Crippen molar-refractivity contribution >= 4 is 27.5 Å². The van der Waals surface area contributed by atoms with Crippen molar-refractivity contribution in [3.63, 3.8) is 0 Å². The second kappa shape index (κ2) is 3.26. The van der Waals surface area contributed by atoms with Crippen LogP contribution in [0.15, 0.2) is 18.2 Å². The predicted molar refractivity (Wildman–Crippen MR) is 52.6 cm³/mol. The van der Waals surface area contributed by atoms with E-state index in [0.29, 0.717) is 5.01 Å². The fourth-order valence-corrected chi connectivity index (χ4v) is 2.16. The number of aromatic hydroxyl groups is 1. The van der Waals surface area contributed by atoms with Crippen LogP contribution in [-0.4, -0.2) is 21.2 Å². The highest BCUT2D eigenvalue weighted by atomic mass is 32.1. The van der Waals surface area contributed by atoms with Crippen molar-refractivity contribution in [1.29, 1.82) is 0 Å². The molecule has 0 saturated carbocycles. The van der Waals surface area contributed by atoms with E-state index in [4.69, 9.17) is 5.11 Å². The fraction of sp³-hybridized carbons (Fsp3) is 0.111. The summed E-state index contributed by atoms with van der Waals surface area (Å²) in [6, 6.07) is 4.79.